The maximum Gasteiger partial charge on any atom is 0.307 e. The summed E-state index contributed by atoms with van der Waals surface area (Å²) in [4.78, 5) is 23.1. The largest absolute Gasteiger partial charge is 0.481 e. The van der Waals surface area contributed by atoms with E-state index in [1.165, 1.54) is 24.3 Å². The Morgan fingerprint density at radius 1 is 1.25 bits per heavy atom. The van der Waals surface area contributed by atoms with Gasteiger partial charge in [0.15, 0.2) is 5.78 Å². The highest BCUT2D eigenvalue weighted by atomic mass is 19.1. The fourth-order valence-electron chi connectivity index (χ4n) is 1.90. The summed E-state index contributed by atoms with van der Waals surface area (Å²) in [5, 5.41) is 9.19. The van der Waals surface area contributed by atoms with Gasteiger partial charge in [-0.2, -0.15) is 0 Å². The average molecular weight is 281 g/mol. The SMILES string of the molecule is CC(C)[C@H](N)C(=O)C[C@@H](Cc1ccc(F)cc1)C(=O)O. The summed E-state index contributed by atoms with van der Waals surface area (Å²) in [5.74, 6) is -2.53. The number of aliphatic carboxylic acids is 1. The minimum atomic E-state index is -1.04. The van der Waals surface area contributed by atoms with Gasteiger partial charge < -0.3 is 10.8 Å². The number of carbonyl (C=O) groups is 2. The lowest BCUT2D eigenvalue weighted by Gasteiger charge is -2.17. The Labute approximate surface area is 117 Å². The molecule has 1 aromatic carbocycles. The average Bonchev–Trinajstić information content (AvgIpc) is 2.39. The van der Waals surface area contributed by atoms with Crippen LogP contribution in [0.25, 0.3) is 0 Å². The lowest BCUT2D eigenvalue weighted by Crippen LogP contribution is -2.37. The van der Waals surface area contributed by atoms with Gasteiger partial charge in [0.25, 0.3) is 0 Å². The molecule has 5 heteroatoms. The van der Waals surface area contributed by atoms with Crippen LogP contribution in [0.3, 0.4) is 0 Å². The van der Waals surface area contributed by atoms with Gasteiger partial charge in [0.2, 0.25) is 0 Å². The molecule has 3 N–H and O–H groups in total. The number of hydrogen-bond donors (Lipinski definition) is 2. The molecule has 0 amide bonds. The fourth-order valence-corrected chi connectivity index (χ4v) is 1.90. The van der Waals surface area contributed by atoms with Crippen molar-refractivity contribution < 1.29 is 19.1 Å². The Hall–Kier alpha value is -1.75. The lowest BCUT2D eigenvalue weighted by molar-refractivity contribution is -0.144. The number of rotatable bonds is 7. The normalized spacial score (nSPS) is 14.1. The van der Waals surface area contributed by atoms with Crippen molar-refractivity contribution in [2.24, 2.45) is 17.6 Å². The van der Waals surface area contributed by atoms with E-state index in [2.05, 4.69) is 0 Å². The van der Waals surface area contributed by atoms with Crippen LogP contribution in [-0.2, 0) is 16.0 Å². The molecule has 110 valence electrons. The van der Waals surface area contributed by atoms with Crippen LogP contribution in [-0.4, -0.2) is 22.9 Å². The predicted molar refractivity (Wildman–Crippen MR) is 73.7 cm³/mol. The molecule has 0 saturated heterocycles. The smallest absolute Gasteiger partial charge is 0.307 e. The van der Waals surface area contributed by atoms with Crippen LogP contribution in [0.15, 0.2) is 24.3 Å². The highest BCUT2D eigenvalue weighted by Gasteiger charge is 2.26. The van der Waals surface area contributed by atoms with Crippen molar-refractivity contribution in [3.63, 3.8) is 0 Å². The van der Waals surface area contributed by atoms with E-state index in [1.54, 1.807) is 0 Å². The van der Waals surface area contributed by atoms with Crippen molar-refractivity contribution in [1.82, 2.24) is 0 Å². The lowest BCUT2D eigenvalue weighted by atomic mass is 9.89. The van der Waals surface area contributed by atoms with Gasteiger partial charge in [0.05, 0.1) is 12.0 Å². The van der Waals surface area contributed by atoms with Crippen molar-refractivity contribution in [2.75, 3.05) is 0 Å². The summed E-state index contributed by atoms with van der Waals surface area (Å²) in [6.45, 7) is 3.64. The van der Waals surface area contributed by atoms with Crippen LogP contribution in [0.2, 0.25) is 0 Å². The molecule has 0 saturated carbocycles. The van der Waals surface area contributed by atoms with Crippen LogP contribution in [0.4, 0.5) is 4.39 Å². The van der Waals surface area contributed by atoms with E-state index < -0.39 is 17.9 Å². The van der Waals surface area contributed by atoms with E-state index in [9.17, 15) is 19.1 Å². The van der Waals surface area contributed by atoms with Crippen molar-refractivity contribution in [3.8, 4) is 0 Å². The molecule has 2 atom stereocenters. The van der Waals surface area contributed by atoms with E-state index in [1.807, 2.05) is 13.8 Å². The van der Waals surface area contributed by atoms with Crippen LogP contribution in [0.5, 0.6) is 0 Å². The number of benzene rings is 1. The molecule has 0 aliphatic carbocycles. The topological polar surface area (TPSA) is 80.4 Å². The Kier molecular flexibility index (Phi) is 5.82. The molecule has 0 unspecified atom stereocenters. The molecule has 20 heavy (non-hydrogen) atoms. The molecule has 0 spiro atoms. The van der Waals surface area contributed by atoms with Gasteiger partial charge in [0, 0.05) is 6.42 Å². The standard InChI is InChI=1S/C15H20FNO3/c1-9(2)14(17)13(18)8-11(15(19)20)7-10-3-5-12(16)6-4-10/h3-6,9,11,14H,7-8,17H2,1-2H3,(H,19,20)/t11-,14+/m1/s1. The zero-order valence-corrected chi connectivity index (χ0v) is 11.7. The fraction of sp³-hybridized carbons (Fsp3) is 0.467. The second kappa shape index (κ2) is 7.14. The van der Waals surface area contributed by atoms with Gasteiger partial charge in [-0.05, 0) is 30.0 Å². The molecule has 1 aromatic rings. The first-order chi connectivity index (χ1) is 9.31. The van der Waals surface area contributed by atoms with Crippen LogP contribution in [0, 0.1) is 17.7 Å². The molecule has 0 radical (unpaired) electrons. The maximum absolute atomic E-state index is 12.8. The third-order valence-corrected chi connectivity index (χ3v) is 3.28. The van der Waals surface area contributed by atoms with Crippen molar-refractivity contribution in [1.29, 1.82) is 0 Å². The number of Topliss-reactive ketones (excluding diaryl/α,β-unsaturated/α-hetero) is 1. The van der Waals surface area contributed by atoms with Gasteiger partial charge in [-0.25, -0.2) is 4.39 Å². The number of hydrogen-bond acceptors (Lipinski definition) is 3. The highest BCUT2D eigenvalue weighted by molar-refractivity contribution is 5.87. The summed E-state index contributed by atoms with van der Waals surface area (Å²) >= 11 is 0. The molecule has 0 heterocycles. The predicted octanol–water partition coefficient (Wildman–Crippen LogP) is 2.01. The van der Waals surface area contributed by atoms with E-state index in [-0.39, 0.29) is 30.4 Å². The molecule has 0 aliphatic rings. The molecular formula is C15H20FNO3. The minimum Gasteiger partial charge on any atom is -0.481 e. The van der Waals surface area contributed by atoms with Crippen molar-refractivity contribution >= 4 is 11.8 Å². The quantitative estimate of drug-likeness (QED) is 0.801. The van der Waals surface area contributed by atoms with Crippen LogP contribution in [0.1, 0.15) is 25.8 Å². The van der Waals surface area contributed by atoms with E-state index >= 15 is 0 Å². The van der Waals surface area contributed by atoms with Crippen molar-refractivity contribution in [3.05, 3.63) is 35.6 Å². The maximum atomic E-state index is 12.8. The molecule has 0 fully saturated rings. The molecule has 1 rings (SSSR count). The van der Waals surface area contributed by atoms with Gasteiger partial charge in [-0.1, -0.05) is 26.0 Å². The van der Waals surface area contributed by atoms with E-state index in [4.69, 9.17) is 5.73 Å². The first kappa shape index (κ1) is 16.3. The van der Waals surface area contributed by atoms with Crippen molar-refractivity contribution in [2.45, 2.75) is 32.7 Å². The number of ketones is 1. The first-order valence-electron chi connectivity index (χ1n) is 6.56. The summed E-state index contributed by atoms with van der Waals surface area (Å²) in [6, 6.07) is 4.95. The second-order valence-electron chi connectivity index (χ2n) is 5.31. The molecular weight excluding hydrogens is 261 g/mol. The zero-order chi connectivity index (χ0) is 15.3. The number of carboxylic acids is 1. The summed E-state index contributed by atoms with van der Waals surface area (Å²) in [7, 11) is 0. The minimum absolute atomic E-state index is 0.0252. The monoisotopic (exact) mass is 281 g/mol. The van der Waals surface area contributed by atoms with Gasteiger partial charge in [-0.3, -0.25) is 9.59 Å². The zero-order valence-electron chi connectivity index (χ0n) is 11.7. The first-order valence-corrected chi connectivity index (χ1v) is 6.56. The Balaban J connectivity index is 2.72. The molecule has 0 aliphatic heterocycles. The third kappa shape index (κ3) is 4.74. The highest BCUT2D eigenvalue weighted by Crippen LogP contribution is 2.16. The van der Waals surface area contributed by atoms with Crippen LogP contribution < -0.4 is 5.73 Å². The second-order valence-corrected chi connectivity index (χ2v) is 5.31. The van der Waals surface area contributed by atoms with E-state index in [0.717, 1.165) is 0 Å². The van der Waals surface area contributed by atoms with Crippen LogP contribution >= 0.6 is 0 Å². The third-order valence-electron chi connectivity index (χ3n) is 3.28. The summed E-state index contributed by atoms with van der Waals surface area (Å²) < 4.78 is 12.8. The number of carboxylic acid groups (broad SMARTS) is 1. The van der Waals surface area contributed by atoms with E-state index in [0.29, 0.717) is 5.56 Å². The van der Waals surface area contributed by atoms with Gasteiger partial charge >= 0.3 is 5.97 Å². The van der Waals surface area contributed by atoms with Gasteiger partial charge in [0.1, 0.15) is 5.82 Å². The Morgan fingerprint density at radius 3 is 2.25 bits per heavy atom. The van der Waals surface area contributed by atoms with Gasteiger partial charge in [-0.15, -0.1) is 0 Å². The summed E-state index contributed by atoms with van der Waals surface area (Å²) in [6.07, 6.45) is 0.0816. The number of carbonyl (C=O) groups excluding carboxylic acids is 1. The Bertz CT molecular complexity index is 471. The number of nitrogens with two attached hydrogens (primary N) is 1. The Morgan fingerprint density at radius 2 is 1.80 bits per heavy atom. The molecule has 0 bridgehead atoms. The molecule has 0 aromatic heterocycles. The number of halogens is 1. The summed E-state index contributed by atoms with van der Waals surface area (Å²) in [5.41, 5.74) is 6.41. The molecule has 4 nitrogen and oxygen atoms in total.